The van der Waals surface area contributed by atoms with Gasteiger partial charge in [-0.3, -0.25) is 4.79 Å². The Morgan fingerprint density at radius 2 is 2.00 bits per heavy atom. The molecule has 0 spiro atoms. The molecule has 0 unspecified atom stereocenters. The van der Waals surface area contributed by atoms with Crippen LogP contribution in [0.1, 0.15) is 16.1 Å². The SMILES string of the molecule is NC(=O)c1nn(-c2ccc(CO)cc2)cc1N. The monoisotopic (exact) mass is 232 g/mol. The van der Waals surface area contributed by atoms with E-state index < -0.39 is 5.91 Å². The maximum atomic E-state index is 11.0. The summed E-state index contributed by atoms with van der Waals surface area (Å²) in [5, 5.41) is 12.9. The van der Waals surface area contributed by atoms with E-state index in [1.165, 1.54) is 10.9 Å². The van der Waals surface area contributed by atoms with Gasteiger partial charge in [-0.15, -0.1) is 0 Å². The molecule has 17 heavy (non-hydrogen) atoms. The zero-order valence-electron chi connectivity index (χ0n) is 9.00. The van der Waals surface area contributed by atoms with Crippen LogP contribution in [0.4, 0.5) is 5.69 Å². The molecule has 0 saturated heterocycles. The van der Waals surface area contributed by atoms with E-state index in [0.29, 0.717) is 0 Å². The largest absolute Gasteiger partial charge is 0.396 e. The molecular formula is C11H12N4O2. The molecule has 0 atom stereocenters. The highest BCUT2D eigenvalue weighted by atomic mass is 16.3. The van der Waals surface area contributed by atoms with Crippen LogP contribution in [0, 0.1) is 0 Å². The smallest absolute Gasteiger partial charge is 0.271 e. The quantitative estimate of drug-likeness (QED) is 0.694. The van der Waals surface area contributed by atoms with Crippen LogP contribution in [0.2, 0.25) is 0 Å². The number of hydrogen-bond acceptors (Lipinski definition) is 4. The van der Waals surface area contributed by atoms with Gasteiger partial charge in [0.25, 0.3) is 5.91 Å². The minimum atomic E-state index is -0.659. The van der Waals surface area contributed by atoms with Gasteiger partial charge in [-0.1, -0.05) is 12.1 Å². The van der Waals surface area contributed by atoms with Crippen molar-refractivity contribution < 1.29 is 9.90 Å². The highest BCUT2D eigenvalue weighted by molar-refractivity contribution is 5.95. The zero-order valence-corrected chi connectivity index (χ0v) is 9.00. The fraction of sp³-hybridized carbons (Fsp3) is 0.0909. The molecule has 5 N–H and O–H groups in total. The van der Waals surface area contributed by atoms with E-state index in [-0.39, 0.29) is 18.0 Å². The molecule has 0 aliphatic carbocycles. The number of rotatable bonds is 3. The summed E-state index contributed by atoms with van der Waals surface area (Å²) in [5.41, 5.74) is 12.6. The predicted molar refractivity (Wildman–Crippen MR) is 62.4 cm³/mol. The van der Waals surface area contributed by atoms with Crippen molar-refractivity contribution in [2.24, 2.45) is 5.73 Å². The highest BCUT2D eigenvalue weighted by Gasteiger charge is 2.11. The average Bonchev–Trinajstić information content (AvgIpc) is 2.71. The molecular weight excluding hydrogens is 220 g/mol. The fourth-order valence-corrected chi connectivity index (χ4v) is 1.47. The number of nitrogens with two attached hydrogens (primary N) is 2. The number of nitrogens with zero attached hydrogens (tertiary/aromatic N) is 2. The number of carbonyl (C=O) groups excluding carboxylic acids is 1. The maximum Gasteiger partial charge on any atom is 0.271 e. The third-order valence-electron chi connectivity index (χ3n) is 2.36. The summed E-state index contributed by atoms with van der Waals surface area (Å²) in [7, 11) is 0. The van der Waals surface area contributed by atoms with Gasteiger partial charge in [-0.25, -0.2) is 4.68 Å². The lowest BCUT2D eigenvalue weighted by Gasteiger charge is -2.01. The molecule has 6 heteroatoms. The first-order valence-corrected chi connectivity index (χ1v) is 4.97. The van der Waals surface area contributed by atoms with Gasteiger partial charge in [-0.2, -0.15) is 5.10 Å². The van der Waals surface area contributed by atoms with Gasteiger partial charge in [0.1, 0.15) is 0 Å². The molecule has 1 amide bonds. The van der Waals surface area contributed by atoms with Gasteiger partial charge in [0.15, 0.2) is 5.69 Å². The van der Waals surface area contributed by atoms with Crippen LogP contribution in [0.5, 0.6) is 0 Å². The molecule has 2 aromatic rings. The molecule has 0 bridgehead atoms. The number of hydrogen-bond donors (Lipinski definition) is 3. The molecule has 1 aromatic carbocycles. The molecule has 0 fully saturated rings. The van der Waals surface area contributed by atoms with E-state index in [4.69, 9.17) is 16.6 Å². The lowest BCUT2D eigenvalue weighted by molar-refractivity contribution is 0.0996. The van der Waals surface area contributed by atoms with E-state index in [1.807, 2.05) is 0 Å². The number of aliphatic hydroxyl groups is 1. The van der Waals surface area contributed by atoms with Crippen molar-refractivity contribution in [1.82, 2.24) is 9.78 Å². The summed E-state index contributed by atoms with van der Waals surface area (Å²) in [4.78, 5) is 11.0. The van der Waals surface area contributed by atoms with Crippen LogP contribution in [0.15, 0.2) is 30.5 Å². The van der Waals surface area contributed by atoms with Crippen LogP contribution in [0.3, 0.4) is 0 Å². The number of benzene rings is 1. The van der Waals surface area contributed by atoms with Crippen LogP contribution in [0.25, 0.3) is 5.69 Å². The highest BCUT2D eigenvalue weighted by Crippen LogP contribution is 2.14. The molecule has 0 aliphatic rings. The summed E-state index contributed by atoms with van der Waals surface area (Å²) < 4.78 is 1.47. The van der Waals surface area contributed by atoms with E-state index in [2.05, 4.69) is 5.10 Å². The molecule has 1 aromatic heterocycles. The Labute approximate surface area is 97.5 Å². The summed E-state index contributed by atoms with van der Waals surface area (Å²) in [6.45, 7) is -0.0198. The second-order valence-electron chi connectivity index (χ2n) is 3.57. The van der Waals surface area contributed by atoms with Crippen LogP contribution in [-0.2, 0) is 6.61 Å². The average molecular weight is 232 g/mol. The van der Waals surface area contributed by atoms with Crippen LogP contribution in [-0.4, -0.2) is 20.8 Å². The molecule has 88 valence electrons. The second kappa shape index (κ2) is 4.26. The third-order valence-corrected chi connectivity index (χ3v) is 2.36. The third kappa shape index (κ3) is 2.11. The first kappa shape index (κ1) is 11.2. The predicted octanol–water partition coefficient (Wildman–Crippen LogP) is 0.0457. The Hall–Kier alpha value is -2.34. The normalized spacial score (nSPS) is 10.4. The second-order valence-corrected chi connectivity index (χ2v) is 3.57. The van der Waals surface area contributed by atoms with Gasteiger partial charge >= 0.3 is 0 Å². The number of carbonyl (C=O) groups is 1. The first-order valence-electron chi connectivity index (χ1n) is 4.97. The van der Waals surface area contributed by atoms with E-state index in [1.54, 1.807) is 24.3 Å². The van der Waals surface area contributed by atoms with Crippen molar-refractivity contribution in [2.45, 2.75) is 6.61 Å². The van der Waals surface area contributed by atoms with E-state index in [9.17, 15) is 4.79 Å². The molecule has 2 rings (SSSR count). The summed E-state index contributed by atoms with van der Waals surface area (Å²) in [6.07, 6.45) is 1.52. The van der Waals surface area contributed by atoms with Crippen LogP contribution < -0.4 is 11.5 Å². The standard InChI is InChI=1S/C11H12N4O2/c12-9-5-15(14-10(9)11(13)17)8-3-1-7(6-16)2-4-8/h1-5,16H,6,12H2,(H2,13,17). The van der Waals surface area contributed by atoms with Gasteiger partial charge < -0.3 is 16.6 Å². The van der Waals surface area contributed by atoms with Crippen molar-refractivity contribution in [1.29, 1.82) is 0 Å². The van der Waals surface area contributed by atoms with Gasteiger partial charge in [0.05, 0.1) is 24.2 Å². The van der Waals surface area contributed by atoms with Crippen molar-refractivity contribution in [3.05, 3.63) is 41.7 Å². The van der Waals surface area contributed by atoms with Crippen LogP contribution >= 0.6 is 0 Å². The molecule has 0 aliphatic heterocycles. The summed E-state index contributed by atoms with van der Waals surface area (Å²) in [6, 6.07) is 7.06. The van der Waals surface area contributed by atoms with Gasteiger partial charge in [0, 0.05) is 0 Å². The summed E-state index contributed by atoms with van der Waals surface area (Å²) in [5.74, 6) is -0.659. The number of anilines is 1. The number of aliphatic hydroxyl groups excluding tert-OH is 1. The Balaban J connectivity index is 2.39. The van der Waals surface area contributed by atoms with Gasteiger partial charge in [0.2, 0.25) is 0 Å². The Kier molecular flexibility index (Phi) is 2.80. The molecule has 1 heterocycles. The summed E-state index contributed by atoms with van der Waals surface area (Å²) >= 11 is 0. The zero-order chi connectivity index (χ0) is 12.4. The molecule has 0 radical (unpaired) electrons. The lowest BCUT2D eigenvalue weighted by Crippen LogP contribution is -2.14. The van der Waals surface area contributed by atoms with E-state index in [0.717, 1.165) is 11.3 Å². The Morgan fingerprint density at radius 1 is 1.35 bits per heavy atom. The number of amides is 1. The minimum Gasteiger partial charge on any atom is -0.396 e. The first-order chi connectivity index (χ1) is 8.11. The lowest BCUT2D eigenvalue weighted by atomic mass is 10.2. The number of nitrogen functional groups attached to an aromatic ring is 1. The molecule has 0 saturated carbocycles. The van der Waals surface area contributed by atoms with Crippen molar-refractivity contribution >= 4 is 11.6 Å². The van der Waals surface area contributed by atoms with Gasteiger partial charge in [-0.05, 0) is 17.7 Å². The fourth-order valence-electron chi connectivity index (χ4n) is 1.47. The number of primary amides is 1. The Morgan fingerprint density at radius 3 is 2.47 bits per heavy atom. The maximum absolute atomic E-state index is 11.0. The van der Waals surface area contributed by atoms with Crippen molar-refractivity contribution in [3.63, 3.8) is 0 Å². The Bertz CT molecular complexity index is 545. The minimum absolute atomic E-state index is 0.0198. The molecule has 6 nitrogen and oxygen atoms in total. The van der Waals surface area contributed by atoms with E-state index >= 15 is 0 Å². The van der Waals surface area contributed by atoms with Crippen molar-refractivity contribution in [3.8, 4) is 5.69 Å². The topological polar surface area (TPSA) is 107 Å². The number of aromatic nitrogens is 2. The van der Waals surface area contributed by atoms with Crippen molar-refractivity contribution in [2.75, 3.05) is 5.73 Å².